The minimum Gasteiger partial charge on any atom is -0.493 e. The highest BCUT2D eigenvalue weighted by Gasteiger charge is 2.15. The molecule has 4 N–H and O–H groups in total. The lowest BCUT2D eigenvalue weighted by Gasteiger charge is -2.20. The van der Waals surface area contributed by atoms with Crippen molar-refractivity contribution >= 4 is 28.7 Å². The number of rotatable bonds is 7. The van der Waals surface area contributed by atoms with Gasteiger partial charge in [0.25, 0.3) is 0 Å². The lowest BCUT2D eigenvalue weighted by atomic mass is 10.2. The molecule has 0 spiro atoms. The quantitative estimate of drug-likeness (QED) is 0.657. The number of hydrogen-bond donors (Lipinski definition) is 3. The molecule has 1 heterocycles. The Bertz CT molecular complexity index is 733. The second-order valence-corrected chi connectivity index (χ2v) is 4.88. The van der Waals surface area contributed by atoms with E-state index in [1.807, 2.05) is 18.7 Å². The minimum atomic E-state index is -0.716. The van der Waals surface area contributed by atoms with Crippen LogP contribution in [0.4, 0.5) is 16.6 Å². The third-order valence-electron chi connectivity index (χ3n) is 3.54. The number of hydrazine groups is 1. The molecule has 0 bridgehead atoms. The van der Waals surface area contributed by atoms with Crippen molar-refractivity contribution in [2.45, 2.75) is 13.8 Å². The Morgan fingerprint density at radius 2 is 1.79 bits per heavy atom. The van der Waals surface area contributed by atoms with E-state index < -0.39 is 6.03 Å². The first kappa shape index (κ1) is 17.4. The van der Waals surface area contributed by atoms with Crippen molar-refractivity contribution in [2.24, 2.45) is 5.73 Å². The highest BCUT2D eigenvalue weighted by Crippen LogP contribution is 2.34. The number of anilines is 2. The fourth-order valence-corrected chi connectivity index (χ4v) is 2.31. The van der Waals surface area contributed by atoms with Crippen LogP contribution in [0.3, 0.4) is 0 Å². The van der Waals surface area contributed by atoms with Gasteiger partial charge in [-0.15, -0.1) is 0 Å². The molecule has 0 fully saturated rings. The molecule has 1 aromatic carbocycles. The summed E-state index contributed by atoms with van der Waals surface area (Å²) in [6, 6.07) is 2.79. The standard InChI is InChI=1S/C15H22N6O3/c1-5-21(6-2)15-17-10-8-12(24-4)11(23-3)7-9(10)13(18-15)19-20-14(16)22/h7-8H,5-6H2,1-4H3,(H3,16,20,22)(H,17,18,19). The van der Waals surface area contributed by atoms with Gasteiger partial charge in [-0.2, -0.15) is 4.98 Å². The third-order valence-corrected chi connectivity index (χ3v) is 3.54. The highest BCUT2D eigenvalue weighted by molar-refractivity contribution is 5.93. The molecule has 2 rings (SSSR count). The normalized spacial score (nSPS) is 10.3. The van der Waals surface area contributed by atoms with Crippen molar-refractivity contribution in [3.8, 4) is 11.5 Å². The van der Waals surface area contributed by atoms with Crippen LogP contribution in [0.2, 0.25) is 0 Å². The summed E-state index contributed by atoms with van der Waals surface area (Å²) in [5.41, 5.74) is 10.8. The van der Waals surface area contributed by atoms with Crippen molar-refractivity contribution in [3.05, 3.63) is 12.1 Å². The molecule has 130 valence electrons. The molecule has 0 atom stereocenters. The molecule has 1 aromatic heterocycles. The molecule has 2 aromatic rings. The fourth-order valence-electron chi connectivity index (χ4n) is 2.31. The number of amides is 2. The van der Waals surface area contributed by atoms with Gasteiger partial charge in [0.2, 0.25) is 5.95 Å². The number of aromatic nitrogens is 2. The summed E-state index contributed by atoms with van der Waals surface area (Å²) in [5, 5.41) is 0.664. The summed E-state index contributed by atoms with van der Waals surface area (Å²) >= 11 is 0. The second-order valence-electron chi connectivity index (χ2n) is 4.88. The van der Waals surface area contributed by atoms with Crippen LogP contribution in [0.15, 0.2) is 12.1 Å². The Balaban J connectivity index is 2.64. The van der Waals surface area contributed by atoms with Crippen molar-refractivity contribution in [1.82, 2.24) is 15.4 Å². The molecular weight excluding hydrogens is 312 g/mol. The SMILES string of the molecule is CCN(CC)c1nc(NNC(N)=O)c2cc(OC)c(OC)cc2n1. The van der Waals surface area contributed by atoms with E-state index in [2.05, 4.69) is 20.8 Å². The van der Waals surface area contributed by atoms with E-state index in [0.717, 1.165) is 13.1 Å². The molecular formula is C15H22N6O3. The van der Waals surface area contributed by atoms with Crippen LogP contribution in [-0.2, 0) is 0 Å². The van der Waals surface area contributed by atoms with E-state index in [-0.39, 0.29) is 0 Å². The number of urea groups is 1. The molecule has 2 amide bonds. The number of nitrogens with one attached hydrogen (secondary N) is 2. The maximum Gasteiger partial charge on any atom is 0.330 e. The van der Waals surface area contributed by atoms with Crippen LogP contribution in [0.25, 0.3) is 10.9 Å². The molecule has 0 unspecified atom stereocenters. The molecule has 0 aliphatic carbocycles. The zero-order valence-corrected chi connectivity index (χ0v) is 14.2. The maximum atomic E-state index is 11.0. The molecule has 0 aliphatic rings. The number of hydrogen-bond acceptors (Lipinski definition) is 7. The second kappa shape index (κ2) is 7.53. The first-order valence-electron chi connectivity index (χ1n) is 7.54. The zero-order valence-electron chi connectivity index (χ0n) is 14.2. The van der Waals surface area contributed by atoms with Crippen LogP contribution in [0.5, 0.6) is 11.5 Å². The van der Waals surface area contributed by atoms with Crippen LogP contribution in [-0.4, -0.2) is 43.3 Å². The first-order valence-corrected chi connectivity index (χ1v) is 7.54. The van der Waals surface area contributed by atoms with Crippen molar-refractivity contribution < 1.29 is 14.3 Å². The Morgan fingerprint density at radius 3 is 2.33 bits per heavy atom. The highest BCUT2D eigenvalue weighted by atomic mass is 16.5. The number of methoxy groups -OCH3 is 2. The molecule has 0 aliphatic heterocycles. The molecule has 24 heavy (non-hydrogen) atoms. The van der Waals surface area contributed by atoms with Gasteiger partial charge in [0.1, 0.15) is 0 Å². The molecule has 0 radical (unpaired) electrons. The van der Waals surface area contributed by atoms with Gasteiger partial charge in [-0.1, -0.05) is 0 Å². The molecule has 0 saturated carbocycles. The van der Waals surface area contributed by atoms with E-state index in [1.165, 1.54) is 0 Å². The predicted molar refractivity (Wildman–Crippen MR) is 92.5 cm³/mol. The van der Waals surface area contributed by atoms with Crippen LogP contribution >= 0.6 is 0 Å². The first-order chi connectivity index (χ1) is 11.5. The van der Waals surface area contributed by atoms with Crippen LogP contribution in [0, 0.1) is 0 Å². The number of nitrogens with zero attached hydrogens (tertiary/aromatic N) is 3. The summed E-state index contributed by atoms with van der Waals surface area (Å²) in [5.74, 6) is 2.05. The van der Waals surface area contributed by atoms with Gasteiger partial charge >= 0.3 is 6.03 Å². The van der Waals surface area contributed by atoms with Gasteiger partial charge in [-0.3, -0.25) is 10.9 Å². The van der Waals surface area contributed by atoms with E-state index in [9.17, 15) is 4.79 Å². The van der Waals surface area contributed by atoms with E-state index in [0.29, 0.717) is 34.2 Å². The summed E-state index contributed by atoms with van der Waals surface area (Å²) < 4.78 is 10.6. The number of primary amides is 1. The average molecular weight is 334 g/mol. The smallest absolute Gasteiger partial charge is 0.330 e. The van der Waals surface area contributed by atoms with E-state index in [1.54, 1.807) is 26.4 Å². The lowest BCUT2D eigenvalue weighted by molar-refractivity contribution is 0.250. The number of carbonyl (C=O) groups is 1. The van der Waals surface area contributed by atoms with E-state index in [4.69, 9.17) is 15.2 Å². The molecule has 0 saturated heterocycles. The minimum absolute atomic E-state index is 0.418. The van der Waals surface area contributed by atoms with E-state index >= 15 is 0 Å². The van der Waals surface area contributed by atoms with Gasteiger partial charge < -0.3 is 20.1 Å². The van der Waals surface area contributed by atoms with Crippen molar-refractivity contribution in [1.29, 1.82) is 0 Å². The Morgan fingerprint density at radius 1 is 1.17 bits per heavy atom. The number of benzene rings is 1. The van der Waals surface area contributed by atoms with Gasteiger partial charge in [0.05, 0.1) is 19.7 Å². The average Bonchev–Trinajstić information content (AvgIpc) is 2.59. The van der Waals surface area contributed by atoms with Crippen molar-refractivity contribution in [3.63, 3.8) is 0 Å². The summed E-state index contributed by atoms with van der Waals surface area (Å²) in [7, 11) is 3.10. The fraction of sp³-hybridized carbons (Fsp3) is 0.400. The monoisotopic (exact) mass is 334 g/mol. The summed E-state index contributed by atoms with van der Waals surface area (Å²) in [6.45, 7) is 5.52. The van der Waals surface area contributed by atoms with Gasteiger partial charge in [-0.25, -0.2) is 9.78 Å². The number of nitrogens with two attached hydrogens (primary N) is 1. The summed E-state index contributed by atoms with van der Waals surface area (Å²) in [4.78, 5) is 22.1. The largest absolute Gasteiger partial charge is 0.493 e. The summed E-state index contributed by atoms with van der Waals surface area (Å²) in [6.07, 6.45) is 0. The van der Waals surface area contributed by atoms with Crippen LogP contribution in [0.1, 0.15) is 13.8 Å². The van der Waals surface area contributed by atoms with Crippen LogP contribution < -0.4 is 31.0 Å². The third kappa shape index (κ3) is 3.50. The Kier molecular flexibility index (Phi) is 5.46. The molecule has 9 heteroatoms. The number of ether oxygens (including phenoxy) is 2. The molecule has 9 nitrogen and oxygen atoms in total. The van der Waals surface area contributed by atoms with Crippen molar-refractivity contribution in [2.75, 3.05) is 37.6 Å². The zero-order chi connectivity index (χ0) is 17.7. The number of fused-ring (bicyclic) bond motifs is 1. The Hall–Kier alpha value is -2.97. The van der Waals surface area contributed by atoms with Gasteiger partial charge in [0.15, 0.2) is 17.3 Å². The lowest BCUT2D eigenvalue weighted by Crippen LogP contribution is -2.35. The number of carbonyl (C=O) groups excluding carboxylic acids is 1. The predicted octanol–water partition coefficient (Wildman–Crippen LogP) is 1.49. The maximum absolute atomic E-state index is 11.0. The van der Waals surface area contributed by atoms with Gasteiger partial charge in [0, 0.05) is 24.5 Å². The van der Waals surface area contributed by atoms with Gasteiger partial charge in [-0.05, 0) is 19.9 Å². The Labute approximate surface area is 140 Å². The topological polar surface area (TPSA) is 115 Å².